The van der Waals surface area contributed by atoms with Crippen LogP contribution >= 0.6 is 15.9 Å². The molecule has 4 heteroatoms. The first kappa shape index (κ1) is 12.3. The van der Waals surface area contributed by atoms with Gasteiger partial charge in [-0.05, 0) is 40.5 Å². The lowest BCUT2D eigenvalue weighted by atomic mass is 10.0. The summed E-state index contributed by atoms with van der Waals surface area (Å²) in [6.45, 7) is 1.93. The average molecular weight is 274 g/mol. The molecule has 0 aliphatic carbocycles. The lowest BCUT2D eigenvalue weighted by Crippen LogP contribution is -2.22. The Morgan fingerprint density at radius 3 is 2.80 bits per heavy atom. The smallest absolute Gasteiger partial charge is 0.165 e. The van der Waals surface area contributed by atoms with Gasteiger partial charge in [0, 0.05) is 22.5 Å². The maximum absolute atomic E-state index is 12.8. The van der Waals surface area contributed by atoms with Crippen molar-refractivity contribution in [2.24, 2.45) is 5.73 Å². The molecule has 15 heavy (non-hydrogen) atoms. The second-order valence-corrected chi connectivity index (χ2v) is 4.27. The minimum absolute atomic E-state index is 0.0591. The molecule has 1 aromatic carbocycles. The Hall–Kier alpha value is -0.740. The summed E-state index contributed by atoms with van der Waals surface area (Å²) in [5.74, 6) is -0.422. The number of ketones is 1. The van der Waals surface area contributed by atoms with Crippen LogP contribution in [-0.4, -0.2) is 11.8 Å². The van der Waals surface area contributed by atoms with Crippen LogP contribution in [0, 0.1) is 5.82 Å². The summed E-state index contributed by atoms with van der Waals surface area (Å²) in [6.07, 6.45) is 1.05. The van der Waals surface area contributed by atoms with Crippen molar-refractivity contribution in [3.05, 3.63) is 34.1 Å². The van der Waals surface area contributed by atoms with Gasteiger partial charge < -0.3 is 5.73 Å². The van der Waals surface area contributed by atoms with Crippen LogP contribution in [0.2, 0.25) is 0 Å². The highest BCUT2D eigenvalue weighted by Crippen LogP contribution is 2.20. The summed E-state index contributed by atoms with van der Waals surface area (Å²) >= 11 is 3.16. The number of benzene rings is 1. The maximum Gasteiger partial charge on any atom is 0.165 e. The third-order valence-corrected chi connectivity index (χ3v) is 2.86. The highest BCUT2D eigenvalue weighted by atomic mass is 79.9. The zero-order valence-corrected chi connectivity index (χ0v) is 10.1. The lowest BCUT2D eigenvalue weighted by molar-refractivity contribution is 0.0973. The Bertz CT molecular complexity index is 368. The van der Waals surface area contributed by atoms with Crippen LogP contribution in [0.4, 0.5) is 4.39 Å². The molecule has 2 nitrogen and oxygen atoms in total. The van der Waals surface area contributed by atoms with E-state index in [1.807, 2.05) is 6.92 Å². The van der Waals surface area contributed by atoms with Crippen molar-refractivity contribution in [2.45, 2.75) is 25.8 Å². The Labute approximate surface area is 96.8 Å². The van der Waals surface area contributed by atoms with Gasteiger partial charge in [0.2, 0.25) is 0 Å². The molecule has 0 aliphatic heterocycles. The molecule has 0 saturated carbocycles. The third kappa shape index (κ3) is 3.39. The summed E-state index contributed by atoms with van der Waals surface area (Å²) in [5, 5.41) is 0. The van der Waals surface area contributed by atoms with Crippen LogP contribution in [0.15, 0.2) is 22.7 Å². The second-order valence-electron chi connectivity index (χ2n) is 3.42. The van der Waals surface area contributed by atoms with Crippen LogP contribution in [0.5, 0.6) is 0 Å². The molecule has 82 valence electrons. The van der Waals surface area contributed by atoms with E-state index in [0.29, 0.717) is 16.5 Å². The number of halogens is 2. The fourth-order valence-electron chi connectivity index (χ4n) is 1.21. The van der Waals surface area contributed by atoms with Crippen molar-refractivity contribution < 1.29 is 9.18 Å². The molecule has 1 unspecified atom stereocenters. The highest BCUT2D eigenvalue weighted by Gasteiger charge is 2.13. The van der Waals surface area contributed by atoms with Crippen LogP contribution < -0.4 is 5.73 Å². The number of hydrogen-bond donors (Lipinski definition) is 1. The molecule has 0 amide bonds. The molecule has 0 bridgehead atoms. The van der Waals surface area contributed by atoms with Gasteiger partial charge in [-0.15, -0.1) is 0 Å². The first-order chi connectivity index (χ1) is 7.04. The fraction of sp³-hybridized carbons (Fsp3) is 0.364. The lowest BCUT2D eigenvalue weighted by Gasteiger charge is -2.08. The van der Waals surface area contributed by atoms with Crippen molar-refractivity contribution in [1.82, 2.24) is 0 Å². The van der Waals surface area contributed by atoms with E-state index in [-0.39, 0.29) is 17.6 Å². The predicted molar refractivity (Wildman–Crippen MR) is 61.3 cm³/mol. The molecular weight excluding hydrogens is 261 g/mol. The summed E-state index contributed by atoms with van der Waals surface area (Å²) in [5.41, 5.74) is 6.17. The molecule has 0 heterocycles. The number of nitrogens with two attached hydrogens (primary N) is 1. The molecule has 1 aromatic rings. The van der Waals surface area contributed by atoms with E-state index in [4.69, 9.17) is 5.73 Å². The molecular formula is C11H13BrFNO. The monoisotopic (exact) mass is 273 g/mol. The summed E-state index contributed by atoms with van der Waals surface area (Å²) in [6, 6.07) is 3.90. The number of rotatable bonds is 4. The van der Waals surface area contributed by atoms with E-state index in [1.54, 1.807) is 0 Å². The van der Waals surface area contributed by atoms with E-state index >= 15 is 0 Å². The van der Waals surface area contributed by atoms with Crippen molar-refractivity contribution in [3.63, 3.8) is 0 Å². The fourth-order valence-corrected chi connectivity index (χ4v) is 1.78. The Morgan fingerprint density at radius 2 is 2.27 bits per heavy atom. The highest BCUT2D eigenvalue weighted by molar-refractivity contribution is 9.10. The molecule has 0 saturated heterocycles. The normalized spacial score (nSPS) is 12.5. The number of carbonyl (C=O) groups excluding carboxylic acids is 1. The van der Waals surface area contributed by atoms with Gasteiger partial charge in [-0.1, -0.05) is 6.92 Å². The van der Waals surface area contributed by atoms with Crippen molar-refractivity contribution >= 4 is 21.7 Å². The molecule has 0 aromatic heterocycles. The first-order valence-electron chi connectivity index (χ1n) is 4.78. The minimum atomic E-state index is -0.363. The SMILES string of the molecule is CCC(N)CC(=O)c1ccc(F)cc1Br. The molecule has 0 radical (unpaired) electrons. The van der Waals surface area contributed by atoms with Crippen LogP contribution in [0.3, 0.4) is 0 Å². The van der Waals surface area contributed by atoms with Crippen molar-refractivity contribution in [3.8, 4) is 0 Å². The molecule has 1 rings (SSSR count). The van der Waals surface area contributed by atoms with Gasteiger partial charge in [-0.25, -0.2) is 4.39 Å². The molecule has 0 aliphatic rings. The first-order valence-corrected chi connectivity index (χ1v) is 5.57. The van der Waals surface area contributed by atoms with Gasteiger partial charge in [-0.2, -0.15) is 0 Å². The maximum atomic E-state index is 12.8. The molecule has 0 fully saturated rings. The van der Waals surface area contributed by atoms with Gasteiger partial charge in [0.25, 0.3) is 0 Å². The van der Waals surface area contributed by atoms with Gasteiger partial charge in [-0.3, -0.25) is 4.79 Å². The summed E-state index contributed by atoms with van der Waals surface area (Å²) < 4.78 is 13.3. The molecule has 0 spiro atoms. The van der Waals surface area contributed by atoms with Gasteiger partial charge in [0.15, 0.2) is 5.78 Å². The number of hydrogen-bond acceptors (Lipinski definition) is 2. The summed E-state index contributed by atoms with van der Waals surface area (Å²) in [4.78, 5) is 11.7. The molecule has 1 atom stereocenters. The van der Waals surface area contributed by atoms with E-state index in [9.17, 15) is 9.18 Å². The standard InChI is InChI=1S/C11H13BrFNO/c1-2-8(14)6-11(15)9-4-3-7(13)5-10(9)12/h3-5,8H,2,6,14H2,1H3. The van der Waals surface area contributed by atoms with E-state index in [0.717, 1.165) is 6.42 Å². The van der Waals surface area contributed by atoms with E-state index < -0.39 is 0 Å². The predicted octanol–water partition coefficient (Wildman–Crippen LogP) is 2.90. The Kier molecular flexibility index (Phi) is 4.42. The Morgan fingerprint density at radius 1 is 1.60 bits per heavy atom. The largest absolute Gasteiger partial charge is 0.327 e. The zero-order valence-electron chi connectivity index (χ0n) is 8.47. The van der Waals surface area contributed by atoms with Crippen molar-refractivity contribution in [2.75, 3.05) is 0 Å². The van der Waals surface area contributed by atoms with Crippen LogP contribution in [-0.2, 0) is 0 Å². The third-order valence-electron chi connectivity index (χ3n) is 2.20. The number of Topliss-reactive ketones (excluding diaryl/α,β-unsaturated/α-hetero) is 1. The van der Waals surface area contributed by atoms with E-state index in [2.05, 4.69) is 15.9 Å². The second kappa shape index (κ2) is 5.37. The van der Waals surface area contributed by atoms with E-state index in [1.165, 1.54) is 18.2 Å². The average Bonchev–Trinajstić information content (AvgIpc) is 2.17. The van der Waals surface area contributed by atoms with Crippen molar-refractivity contribution in [1.29, 1.82) is 0 Å². The Balaban J connectivity index is 2.82. The van der Waals surface area contributed by atoms with Crippen LogP contribution in [0.25, 0.3) is 0 Å². The van der Waals surface area contributed by atoms with Crippen LogP contribution in [0.1, 0.15) is 30.1 Å². The van der Waals surface area contributed by atoms with Gasteiger partial charge in [0.1, 0.15) is 5.82 Å². The quantitative estimate of drug-likeness (QED) is 0.858. The molecule has 2 N–H and O–H groups in total. The van der Waals surface area contributed by atoms with Gasteiger partial charge in [0.05, 0.1) is 0 Å². The number of carbonyl (C=O) groups is 1. The topological polar surface area (TPSA) is 43.1 Å². The zero-order chi connectivity index (χ0) is 11.4. The minimum Gasteiger partial charge on any atom is -0.327 e. The van der Waals surface area contributed by atoms with Gasteiger partial charge >= 0.3 is 0 Å². The summed E-state index contributed by atoms with van der Waals surface area (Å²) in [7, 11) is 0.